The van der Waals surface area contributed by atoms with Crippen molar-refractivity contribution in [1.29, 1.82) is 0 Å². The minimum Gasteiger partial charge on any atom is -0.406 e. The number of alkyl halides is 3. The number of hydrogen-bond donors (Lipinski definition) is 1. The zero-order valence-corrected chi connectivity index (χ0v) is 16.3. The fourth-order valence-electron chi connectivity index (χ4n) is 2.73. The highest BCUT2D eigenvalue weighted by molar-refractivity contribution is 5.95. The molecule has 0 radical (unpaired) electrons. The van der Waals surface area contributed by atoms with E-state index in [1.807, 2.05) is 32.0 Å². The monoisotopic (exact) mass is 408 g/mol. The van der Waals surface area contributed by atoms with Gasteiger partial charge in [-0.3, -0.25) is 9.59 Å². The Hall–Kier alpha value is -3.03. The largest absolute Gasteiger partial charge is 0.573 e. The molecule has 0 aliphatic heterocycles. The molecule has 29 heavy (non-hydrogen) atoms. The molecule has 0 saturated heterocycles. The first-order chi connectivity index (χ1) is 13.7. The van der Waals surface area contributed by atoms with Gasteiger partial charge in [-0.15, -0.1) is 13.2 Å². The third-order valence-electron chi connectivity index (χ3n) is 4.11. The van der Waals surface area contributed by atoms with Crippen molar-refractivity contribution in [2.75, 3.05) is 18.4 Å². The van der Waals surface area contributed by atoms with Gasteiger partial charge in [-0.25, -0.2) is 0 Å². The molecule has 2 aromatic rings. The Labute approximate surface area is 167 Å². The molecule has 0 aliphatic rings. The van der Waals surface area contributed by atoms with Crippen LogP contribution in [0.25, 0.3) is 0 Å². The zero-order valence-electron chi connectivity index (χ0n) is 16.3. The van der Waals surface area contributed by atoms with Crippen LogP contribution >= 0.6 is 0 Å². The van der Waals surface area contributed by atoms with Gasteiger partial charge in [0.25, 0.3) is 0 Å². The van der Waals surface area contributed by atoms with Crippen molar-refractivity contribution >= 4 is 17.5 Å². The smallest absolute Gasteiger partial charge is 0.406 e. The Bertz CT molecular complexity index is 836. The number of rotatable bonds is 8. The first kappa shape index (κ1) is 22.3. The lowest BCUT2D eigenvalue weighted by atomic mass is 10.1. The van der Waals surface area contributed by atoms with Gasteiger partial charge in [0, 0.05) is 12.2 Å². The summed E-state index contributed by atoms with van der Waals surface area (Å²) in [6.45, 7) is 4.06. The summed E-state index contributed by atoms with van der Waals surface area (Å²) in [5.74, 6) is -0.942. The van der Waals surface area contributed by atoms with Crippen molar-refractivity contribution < 1.29 is 27.5 Å². The predicted molar refractivity (Wildman–Crippen MR) is 104 cm³/mol. The lowest BCUT2D eigenvalue weighted by molar-refractivity contribution is -0.274. The minimum atomic E-state index is -4.76. The summed E-state index contributed by atoms with van der Waals surface area (Å²) in [5, 5.41) is 2.79. The number of aryl methyl sites for hydroxylation is 1. The average Bonchev–Trinajstić information content (AvgIpc) is 2.63. The number of nitrogens with zero attached hydrogens (tertiary/aromatic N) is 1. The van der Waals surface area contributed by atoms with Crippen LogP contribution < -0.4 is 10.1 Å². The molecule has 5 nitrogen and oxygen atoms in total. The van der Waals surface area contributed by atoms with Gasteiger partial charge in [-0.2, -0.15) is 0 Å². The second-order valence-electron chi connectivity index (χ2n) is 6.55. The normalized spacial score (nSPS) is 11.1. The van der Waals surface area contributed by atoms with E-state index in [1.165, 1.54) is 17.0 Å². The Balaban J connectivity index is 1.98. The van der Waals surface area contributed by atoms with Crippen LogP contribution in [0.2, 0.25) is 0 Å². The fourth-order valence-corrected chi connectivity index (χ4v) is 2.73. The van der Waals surface area contributed by atoms with Crippen LogP contribution in [0.1, 0.15) is 24.5 Å². The molecule has 8 heteroatoms. The second-order valence-corrected chi connectivity index (χ2v) is 6.55. The topological polar surface area (TPSA) is 58.6 Å². The summed E-state index contributed by atoms with van der Waals surface area (Å²) < 4.78 is 40.5. The van der Waals surface area contributed by atoms with Gasteiger partial charge in [0.2, 0.25) is 11.8 Å². The first-order valence-electron chi connectivity index (χ1n) is 9.16. The summed E-state index contributed by atoms with van der Waals surface area (Å²) in [4.78, 5) is 26.4. The standard InChI is InChI=1S/C21H23F3N2O3/c1-3-12-26(14-19(27)25-18-7-5-4-6-15(18)2)20(28)13-16-8-10-17(11-9-16)29-21(22,23)24/h4-11H,3,12-14H2,1-2H3,(H,25,27). The molecular weight excluding hydrogens is 385 g/mol. The van der Waals surface area contributed by atoms with E-state index in [-0.39, 0.29) is 30.5 Å². The number of amides is 2. The van der Waals surface area contributed by atoms with Gasteiger partial charge in [-0.05, 0) is 42.7 Å². The average molecular weight is 408 g/mol. The molecule has 0 unspecified atom stereocenters. The highest BCUT2D eigenvalue weighted by Gasteiger charge is 2.31. The summed E-state index contributed by atoms with van der Waals surface area (Å²) in [6.07, 6.45) is -4.12. The number of carbonyl (C=O) groups is 2. The molecule has 1 N–H and O–H groups in total. The summed E-state index contributed by atoms with van der Waals surface area (Å²) >= 11 is 0. The van der Waals surface area contributed by atoms with Crippen LogP contribution in [0.15, 0.2) is 48.5 Å². The van der Waals surface area contributed by atoms with Crippen molar-refractivity contribution in [3.8, 4) is 5.75 Å². The molecule has 0 saturated carbocycles. The number of ether oxygens (including phenoxy) is 1. The second kappa shape index (κ2) is 9.95. The third kappa shape index (κ3) is 7.48. The van der Waals surface area contributed by atoms with Crippen molar-refractivity contribution in [2.24, 2.45) is 0 Å². The molecule has 0 aliphatic carbocycles. The number of anilines is 1. The number of benzene rings is 2. The zero-order chi connectivity index (χ0) is 21.4. The van der Waals surface area contributed by atoms with Crippen LogP contribution in [-0.4, -0.2) is 36.2 Å². The van der Waals surface area contributed by atoms with E-state index < -0.39 is 6.36 Å². The summed E-state index contributed by atoms with van der Waals surface area (Å²) in [6, 6.07) is 12.4. The third-order valence-corrected chi connectivity index (χ3v) is 4.11. The Kier molecular flexibility index (Phi) is 7.64. The van der Waals surface area contributed by atoms with Crippen LogP contribution in [-0.2, 0) is 16.0 Å². The molecular formula is C21H23F3N2O3. The molecule has 2 rings (SSSR count). The fraction of sp³-hybridized carbons (Fsp3) is 0.333. The Morgan fingerprint density at radius 1 is 1.07 bits per heavy atom. The highest BCUT2D eigenvalue weighted by Crippen LogP contribution is 2.23. The minimum absolute atomic E-state index is 0.0239. The number of carbonyl (C=O) groups excluding carboxylic acids is 2. The van der Waals surface area contributed by atoms with E-state index in [0.717, 1.165) is 17.7 Å². The molecule has 0 spiro atoms. The summed E-state index contributed by atoms with van der Waals surface area (Å²) in [7, 11) is 0. The van der Waals surface area contributed by atoms with Gasteiger partial charge >= 0.3 is 6.36 Å². The van der Waals surface area contributed by atoms with E-state index in [2.05, 4.69) is 10.1 Å². The number of halogens is 3. The number of para-hydroxylation sites is 1. The van der Waals surface area contributed by atoms with Crippen molar-refractivity contribution in [1.82, 2.24) is 4.90 Å². The molecule has 0 bridgehead atoms. The van der Waals surface area contributed by atoms with E-state index in [9.17, 15) is 22.8 Å². The van der Waals surface area contributed by atoms with Crippen LogP contribution in [0.4, 0.5) is 18.9 Å². The van der Waals surface area contributed by atoms with Crippen molar-refractivity contribution in [2.45, 2.75) is 33.1 Å². The number of hydrogen-bond acceptors (Lipinski definition) is 3. The van der Waals surface area contributed by atoms with Gasteiger partial charge in [-0.1, -0.05) is 37.3 Å². The molecule has 0 atom stereocenters. The Morgan fingerprint density at radius 2 is 1.72 bits per heavy atom. The highest BCUT2D eigenvalue weighted by atomic mass is 19.4. The number of nitrogens with one attached hydrogen (secondary N) is 1. The van der Waals surface area contributed by atoms with E-state index in [4.69, 9.17) is 0 Å². The lowest BCUT2D eigenvalue weighted by Gasteiger charge is -2.22. The predicted octanol–water partition coefficient (Wildman–Crippen LogP) is 4.31. The van der Waals surface area contributed by atoms with Crippen LogP contribution in [0.5, 0.6) is 5.75 Å². The van der Waals surface area contributed by atoms with E-state index in [1.54, 1.807) is 6.07 Å². The van der Waals surface area contributed by atoms with Gasteiger partial charge in [0.1, 0.15) is 5.75 Å². The van der Waals surface area contributed by atoms with Crippen molar-refractivity contribution in [3.05, 3.63) is 59.7 Å². The van der Waals surface area contributed by atoms with Gasteiger partial charge < -0.3 is 15.0 Å². The first-order valence-corrected chi connectivity index (χ1v) is 9.16. The van der Waals surface area contributed by atoms with Crippen molar-refractivity contribution in [3.63, 3.8) is 0 Å². The maximum absolute atomic E-state index is 12.6. The molecule has 2 aromatic carbocycles. The maximum atomic E-state index is 12.6. The quantitative estimate of drug-likeness (QED) is 0.708. The molecule has 156 valence electrons. The lowest BCUT2D eigenvalue weighted by Crippen LogP contribution is -2.39. The molecule has 0 fully saturated rings. The SMILES string of the molecule is CCCN(CC(=O)Nc1ccccc1C)C(=O)Cc1ccc(OC(F)(F)F)cc1. The molecule has 2 amide bonds. The van der Waals surface area contributed by atoms with Crippen LogP contribution in [0, 0.1) is 6.92 Å². The maximum Gasteiger partial charge on any atom is 0.573 e. The summed E-state index contributed by atoms with van der Waals surface area (Å²) in [5.41, 5.74) is 2.13. The van der Waals surface area contributed by atoms with Gasteiger partial charge in [0.05, 0.1) is 13.0 Å². The molecule has 0 aromatic heterocycles. The molecule has 0 heterocycles. The van der Waals surface area contributed by atoms with Crippen LogP contribution in [0.3, 0.4) is 0 Å². The van der Waals surface area contributed by atoms with Gasteiger partial charge in [0.15, 0.2) is 0 Å². The Morgan fingerprint density at radius 3 is 2.31 bits per heavy atom. The van der Waals surface area contributed by atoms with E-state index in [0.29, 0.717) is 24.2 Å². The van der Waals surface area contributed by atoms with E-state index >= 15 is 0 Å².